The third-order valence-corrected chi connectivity index (χ3v) is 4.58. The highest BCUT2D eigenvalue weighted by Crippen LogP contribution is 2.28. The van der Waals surface area contributed by atoms with Crippen LogP contribution in [0.1, 0.15) is 58.5 Å². The maximum atomic E-state index is 12.5. The second-order valence-electron chi connectivity index (χ2n) is 8.89. The number of hydrogen-bond donors (Lipinski definition) is 1. The van der Waals surface area contributed by atoms with Gasteiger partial charge in [-0.25, -0.2) is 9.78 Å². The van der Waals surface area contributed by atoms with Crippen LogP contribution in [0.25, 0.3) is 11.1 Å². The number of fused-ring (bicyclic) bond motifs is 1. The molecule has 1 atom stereocenters. The van der Waals surface area contributed by atoms with E-state index in [-0.39, 0.29) is 6.04 Å². The lowest BCUT2D eigenvalue weighted by Gasteiger charge is -2.30. The molecule has 0 aliphatic heterocycles. The summed E-state index contributed by atoms with van der Waals surface area (Å²) >= 11 is 0. The number of hydrogen-bond acceptors (Lipinski definition) is 6. The molecule has 3 rings (SSSR count). The van der Waals surface area contributed by atoms with Crippen LogP contribution in [0.15, 0.2) is 52.9 Å². The van der Waals surface area contributed by atoms with Crippen LogP contribution in [0, 0.1) is 0 Å². The van der Waals surface area contributed by atoms with Crippen LogP contribution >= 0.6 is 0 Å². The van der Waals surface area contributed by atoms with Gasteiger partial charge in [-0.3, -0.25) is 0 Å². The Morgan fingerprint density at radius 3 is 2.43 bits per heavy atom. The molecule has 0 amide bonds. The molecule has 1 heterocycles. The Morgan fingerprint density at radius 1 is 1.07 bits per heavy atom. The monoisotopic (exact) mass is 410 g/mol. The molecule has 6 nitrogen and oxygen atoms in total. The molecule has 0 aliphatic carbocycles. The summed E-state index contributed by atoms with van der Waals surface area (Å²) in [6, 6.07) is 14.9. The fourth-order valence-electron chi connectivity index (χ4n) is 3.01. The van der Waals surface area contributed by atoms with Gasteiger partial charge in [0.1, 0.15) is 16.9 Å². The number of aryl methyl sites for hydroxylation is 1. The predicted octanol–water partition coefficient (Wildman–Crippen LogP) is 4.96. The van der Waals surface area contributed by atoms with Crippen LogP contribution in [-0.2, 0) is 16.0 Å². The van der Waals surface area contributed by atoms with Gasteiger partial charge in [0.25, 0.3) is 0 Å². The summed E-state index contributed by atoms with van der Waals surface area (Å²) in [5.41, 5.74) is 7.12. The Bertz CT molecular complexity index is 984. The van der Waals surface area contributed by atoms with E-state index in [0.29, 0.717) is 24.5 Å². The molecule has 0 spiro atoms. The lowest BCUT2D eigenvalue weighted by molar-refractivity contribution is -0.171. The minimum absolute atomic E-state index is 0.343. The lowest BCUT2D eigenvalue weighted by Crippen LogP contribution is -2.43. The van der Waals surface area contributed by atoms with Crippen molar-refractivity contribution in [2.45, 2.75) is 64.7 Å². The van der Waals surface area contributed by atoms with Crippen LogP contribution < -0.4 is 10.5 Å². The van der Waals surface area contributed by atoms with Crippen LogP contribution in [0.4, 0.5) is 0 Å². The van der Waals surface area contributed by atoms with Gasteiger partial charge in [-0.15, -0.1) is 0 Å². The number of rotatable bonds is 7. The number of esters is 1. The third-order valence-electron chi connectivity index (χ3n) is 4.58. The predicted molar refractivity (Wildman–Crippen MR) is 116 cm³/mol. The van der Waals surface area contributed by atoms with Crippen molar-refractivity contribution in [3.8, 4) is 5.75 Å². The number of carbonyl (C=O) groups is 1. The first kappa shape index (κ1) is 21.8. The van der Waals surface area contributed by atoms with Gasteiger partial charge in [-0.2, -0.15) is 0 Å². The lowest BCUT2D eigenvalue weighted by atomic mass is 10.0. The number of benzene rings is 2. The first-order valence-electron chi connectivity index (χ1n) is 10.2. The van der Waals surface area contributed by atoms with E-state index in [2.05, 4.69) is 4.98 Å². The van der Waals surface area contributed by atoms with Gasteiger partial charge in [0.15, 0.2) is 11.2 Å². The first-order valence-corrected chi connectivity index (χ1v) is 10.2. The summed E-state index contributed by atoms with van der Waals surface area (Å²) in [5.74, 6) is 0.745. The van der Waals surface area contributed by atoms with Crippen LogP contribution in [-0.4, -0.2) is 22.2 Å². The van der Waals surface area contributed by atoms with E-state index < -0.39 is 17.2 Å². The standard InChI is InChI=1S/C24H30N2O4/c1-23(2,3)30-22(27)24(4,5)29-19-12-8-6-10-16(19)14-15-17(25)21-26-18-11-7-9-13-20(18)28-21/h6-13,17H,14-15,25H2,1-5H3. The summed E-state index contributed by atoms with van der Waals surface area (Å²) < 4.78 is 17.3. The SMILES string of the molecule is CC(C)(C)OC(=O)C(C)(C)Oc1ccccc1CCC(N)c1nc2ccccc2o1. The van der Waals surface area contributed by atoms with Crippen molar-refractivity contribution in [3.05, 3.63) is 60.0 Å². The van der Waals surface area contributed by atoms with E-state index in [9.17, 15) is 4.79 Å². The molecule has 2 N–H and O–H groups in total. The molecule has 0 bridgehead atoms. The molecule has 160 valence electrons. The second-order valence-corrected chi connectivity index (χ2v) is 8.89. The molecule has 0 radical (unpaired) electrons. The van der Waals surface area contributed by atoms with Crippen LogP contribution in [0.2, 0.25) is 0 Å². The highest BCUT2D eigenvalue weighted by molar-refractivity contribution is 5.79. The van der Waals surface area contributed by atoms with Crippen molar-refractivity contribution in [2.75, 3.05) is 0 Å². The third kappa shape index (κ3) is 5.39. The highest BCUT2D eigenvalue weighted by atomic mass is 16.6. The number of oxazole rings is 1. The normalized spacial score (nSPS) is 13.3. The first-order chi connectivity index (χ1) is 14.0. The van der Waals surface area contributed by atoms with E-state index in [0.717, 1.165) is 16.7 Å². The zero-order valence-electron chi connectivity index (χ0n) is 18.3. The quantitative estimate of drug-likeness (QED) is 0.554. The smallest absolute Gasteiger partial charge is 0.350 e. The molecule has 2 aromatic carbocycles. The van der Waals surface area contributed by atoms with Gasteiger partial charge in [0, 0.05) is 0 Å². The van der Waals surface area contributed by atoms with Crippen LogP contribution in [0.3, 0.4) is 0 Å². The van der Waals surface area contributed by atoms with E-state index in [1.807, 2.05) is 69.3 Å². The Labute approximate surface area is 177 Å². The van der Waals surface area contributed by atoms with Gasteiger partial charge in [-0.1, -0.05) is 30.3 Å². The zero-order chi connectivity index (χ0) is 21.9. The molecule has 3 aromatic rings. The Kier molecular flexibility index (Phi) is 6.17. The van der Waals surface area contributed by atoms with Gasteiger partial charge >= 0.3 is 5.97 Å². The molecule has 1 unspecified atom stereocenters. The summed E-state index contributed by atoms with van der Waals surface area (Å²) in [5, 5.41) is 0. The van der Waals surface area contributed by atoms with Gasteiger partial charge in [0.05, 0.1) is 6.04 Å². The Morgan fingerprint density at radius 2 is 1.73 bits per heavy atom. The summed E-state index contributed by atoms with van der Waals surface area (Å²) in [6.07, 6.45) is 1.28. The minimum Gasteiger partial charge on any atom is -0.476 e. The summed E-state index contributed by atoms with van der Waals surface area (Å²) in [7, 11) is 0. The van der Waals surface area contributed by atoms with Crippen molar-refractivity contribution in [3.63, 3.8) is 0 Å². The van der Waals surface area contributed by atoms with Crippen molar-refractivity contribution < 1.29 is 18.7 Å². The average molecular weight is 411 g/mol. The maximum absolute atomic E-state index is 12.5. The fraction of sp³-hybridized carbons (Fsp3) is 0.417. The molecule has 6 heteroatoms. The maximum Gasteiger partial charge on any atom is 0.350 e. The largest absolute Gasteiger partial charge is 0.476 e. The van der Waals surface area contributed by atoms with E-state index >= 15 is 0 Å². The van der Waals surface area contributed by atoms with Gasteiger partial charge in [-0.05, 0) is 71.2 Å². The van der Waals surface area contributed by atoms with E-state index in [4.69, 9.17) is 19.6 Å². The molecule has 30 heavy (non-hydrogen) atoms. The number of aromatic nitrogens is 1. The Balaban J connectivity index is 1.69. The number of ether oxygens (including phenoxy) is 2. The van der Waals surface area contributed by atoms with Crippen molar-refractivity contribution >= 4 is 17.1 Å². The molecular formula is C24H30N2O4. The van der Waals surface area contributed by atoms with Crippen molar-refractivity contribution in [2.24, 2.45) is 5.73 Å². The van der Waals surface area contributed by atoms with E-state index in [1.165, 1.54) is 0 Å². The van der Waals surface area contributed by atoms with E-state index in [1.54, 1.807) is 13.8 Å². The average Bonchev–Trinajstić information content (AvgIpc) is 3.10. The van der Waals surface area contributed by atoms with Crippen molar-refractivity contribution in [1.29, 1.82) is 0 Å². The van der Waals surface area contributed by atoms with Gasteiger partial charge in [0.2, 0.25) is 5.89 Å². The summed E-state index contributed by atoms with van der Waals surface area (Å²) in [4.78, 5) is 17.0. The fourth-order valence-corrected chi connectivity index (χ4v) is 3.01. The molecule has 0 saturated carbocycles. The summed E-state index contributed by atoms with van der Waals surface area (Å²) in [6.45, 7) is 8.93. The number of nitrogens with two attached hydrogens (primary N) is 1. The van der Waals surface area contributed by atoms with Crippen LogP contribution in [0.5, 0.6) is 5.75 Å². The van der Waals surface area contributed by atoms with Gasteiger partial charge < -0.3 is 19.6 Å². The minimum atomic E-state index is -1.12. The molecule has 1 aromatic heterocycles. The second kappa shape index (κ2) is 8.48. The molecule has 0 aliphatic rings. The number of para-hydroxylation sites is 3. The topological polar surface area (TPSA) is 87.6 Å². The Hall–Kier alpha value is -2.86. The molecule has 0 saturated heterocycles. The number of nitrogens with zero attached hydrogens (tertiary/aromatic N) is 1. The molecular weight excluding hydrogens is 380 g/mol. The highest BCUT2D eigenvalue weighted by Gasteiger charge is 2.35. The van der Waals surface area contributed by atoms with Crippen molar-refractivity contribution in [1.82, 2.24) is 4.98 Å². The number of carbonyl (C=O) groups excluding carboxylic acids is 1. The zero-order valence-corrected chi connectivity index (χ0v) is 18.3. The molecule has 0 fully saturated rings.